The Bertz CT molecular complexity index is 956. The van der Waals surface area contributed by atoms with Crippen molar-refractivity contribution in [3.63, 3.8) is 0 Å². The minimum atomic E-state index is -3.43. The van der Waals surface area contributed by atoms with E-state index in [0.717, 1.165) is 27.1 Å². The maximum absolute atomic E-state index is 12.6. The van der Waals surface area contributed by atoms with Gasteiger partial charge in [-0.15, -0.1) is 0 Å². The van der Waals surface area contributed by atoms with Crippen LogP contribution in [0.1, 0.15) is 11.1 Å². The molecule has 0 aromatic heterocycles. The summed E-state index contributed by atoms with van der Waals surface area (Å²) in [6, 6.07) is 13.3. The summed E-state index contributed by atoms with van der Waals surface area (Å²) in [5.41, 5.74) is 1.87. The van der Waals surface area contributed by atoms with Gasteiger partial charge in [0.1, 0.15) is 11.5 Å². The van der Waals surface area contributed by atoms with Gasteiger partial charge in [0.25, 0.3) is 0 Å². The van der Waals surface area contributed by atoms with Crippen LogP contribution in [0, 0.1) is 0 Å². The Hall–Kier alpha value is -1.87. The number of rotatable bonds is 7. The molecular weight excluding hydrogens is 456 g/mol. The molecule has 8 heteroatoms. The summed E-state index contributed by atoms with van der Waals surface area (Å²) in [6.07, 6.45) is 1.64. The molecule has 1 aliphatic heterocycles. The number of ether oxygens (including phenoxy) is 2. The molecule has 29 heavy (non-hydrogen) atoms. The van der Waals surface area contributed by atoms with Crippen molar-refractivity contribution >= 4 is 32.0 Å². The first-order chi connectivity index (χ1) is 13.9. The zero-order chi connectivity index (χ0) is 20.9. The Balaban J connectivity index is 1.63. The SMILES string of the molecule is COc1cc(CN2CCN(S(=O)(=O)/C=C/c3ccccc3)CC2)c(OC)cc1Br. The van der Waals surface area contributed by atoms with E-state index in [0.29, 0.717) is 32.7 Å². The maximum atomic E-state index is 12.6. The number of hydrogen-bond acceptors (Lipinski definition) is 5. The molecule has 6 nitrogen and oxygen atoms in total. The third kappa shape index (κ3) is 5.60. The number of halogens is 1. The van der Waals surface area contributed by atoms with Gasteiger partial charge in [-0.1, -0.05) is 30.3 Å². The molecule has 3 rings (SSSR count). The second kappa shape index (κ2) is 9.75. The zero-order valence-corrected chi connectivity index (χ0v) is 18.9. The van der Waals surface area contributed by atoms with Crippen LogP contribution in [-0.2, 0) is 16.6 Å². The normalized spacial score (nSPS) is 16.2. The molecule has 0 aliphatic carbocycles. The molecular formula is C21H25BrN2O4S. The molecule has 0 atom stereocenters. The van der Waals surface area contributed by atoms with Crippen LogP contribution in [-0.4, -0.2) is 58.0 Å². The van der Waals surface area contributed by atoms with Gasteiger partial charge in [-0.2, -0.15) is 4.31 Å². The first-order valence-corrected chi connectivity index (χ1v) is 11.6. The van der Waals surface area contributed by atoms with Gasteiger partial charge in [0.05, 0.1) is 18.7 Å². The summed E-state index contributed by atoms with van der Waals surface area (Å²) in [4.78, 5) is 2.22. The highest BCUT2D eigenvalue weighted by atomic mass is 79.9. The first kappa shape index (κ1) is 21.8. The zero-order valence-electron chi connectivity index (χ0n) is 16.5. The van der Waals surface area contributed by atoms with E-state index in [4.69, 9.17) is 9.47 Å². The van der Waals surface area contributed by atoms with Gasteiger partial charge >= 0.3 is 0 Å². The molecule has 0 bridgehead atoms. The highest BCUT2D eigenvalue weighted by molar-refractivity contribution is 9.10. The predicted octanol–water partition coefficient (Wildman–Crippen LogP) is 3.58. The van der Waals surface area contributed by atoms with E-state index in [1.54, 1.807) is 20.3 Å². The molecule has 1 fully saturated rings. The minimum absolute atomic E-state index is 0.456. The first-order valence-electron chi connectivity index (χ1n) is 9.29. The Morgan fingerprint density at radius 2 is 1.66 bits per heavy atom. The maximum Gasteiger partial charge on any atom is 0.236 e. The van der Waals surface area contributed by atoms with E-state index in [9.17, 15) is 8.42 Å². The Morgan fingerprint density at radius 3 is 2.28 bits per heavy atom. The lowest BCUT2D eigenvalue weighted by molar-refractivity contribution is 0.181. The van der Waals surface area contributed by atoms with Gasteiger partial charge in [-0.25, -0.2) is 8.42 Å². The molecule has 0 N–H and O–H groups in total. The van der Waals surface area contributed by atoms with Gasteiger partial charge in [-0.3, -0.25) is 4.90 Å². The van der Waals surface area contributed by atoms with Crippen molar-refractivity contribution < 1.29 is 17.9 Å². The Morgan fingerprint density at radius 1 is 1.00 bits per heavy atom. The predicted molar refractivity (Wildman–Crippen MR) is 118 cm³/mol. The molecule has 0 amide bonds. The standard InChI is InChI=1S/C21H25BrN2O4S/c1-27-20-15-19(22)21(28-2)14-18(20)16-23-9-11-24(12-10-23)29(25,26)13-8-17-6-4-3-5-7-17/h3-8,13-15H,9-12,16H2,1-2H3/b13-8+. The molecule has 0 saturated carbocycles. The second-order valence-electron chi connectivity index (χ2n) is 6.73. The van der Waals surface area contributed by atoms with Crippen molar-refractivity contribution in [2.24, 2.45) is 0 Å². The third-order valence-corrected chi connectivity index (χ3v) is 7.06. The largest absolute Gasteiger partial charge is 0.496 e. The van der Waals surface area contributed by atoms with Crippen LogP contribution in [0.5, 0.6) is 11.5 Å². The van der Waals surface area contributed by atoms with Crippen LogP contribution in [0.3, 0.4) is 0 Å². The lowest BCUT2D eigenvalue weighted by Crippen LogP contribution is -2.47. The summed E-state index contributed by atoms with van der Waals surface area (Å²) in [6.45, 7) is 2.88. The van der Waals surface area contributed by atoms with Gasteiger partial charge < -0.3 is 9.47 Å². The second-order valence-corrected chi connectivity index (χ2v) is 9.41. The van der Waals surface area contributed by atoms with Crippen molar-refractivity contribution in [1.82, 2.24) is 9.21 Å². The fraction of sp³-hybridized carbons (Fsp3) is 0.333. The molecule has 1 heterocycles. The van der Waals surface area contributed by atoms with Crippen LogP contribution in [0.25, 0.3) is 6.08 Å². The monoisotopic (exact) mass is 480 g/mol. The van der Waals surface area contributed by atoms with Crippen LogP contribution in [0.2, 0.25) is 0 Å². The van der Waals surface area contributed by atoms with E-state index < -0.39 is 10.0 Å². The smallest absolute Gasteiger partial charge is 0.236 e. The van der Waals surface area contributed by atoms with Gasteiger partial charge in [0.15, 0.2) is 0 Å². The van der Waals surface area contributed by atoms with Crippen molar-refractivity contribution in [2.75, 3.05) is 40.4 Å². The summed E-state index contributed by atoms with van der Waals surface area (Å²) < 4.78 is 38.5. The number of nitrogens with zero attached hydrogens (tertiary/aromatic N) is 2. The lowest BCUT2D eigenvalue weighted by Gasteiger charge is -2.33. The van der Waals surface area contributed by atoms with Crippen molar-refractivity contribution in [3.05, 3.63) is 63.5 Å². The average Bonchev–Trinajstić information content (AvgIpc) is 2.74. The minimum Gasteiger partial charge on any atom is -0.496 e. The van der Waals surface area contributed by atoms with Crippen LogP contribution < -0.4 is 9.47 Å². The summed E-state index contributed by atoms with van der Waals surface area (Å²) in [5.74, 6) is 1.52. The van der Waals surface area contributed by atoms with E-state index in [1.807, 2.05) is 42.5 Å². The van der Waals surface area contributed by atoms with Crippen molar-refractivity contribution in [2.45, 2.75) is 6.54 Å². The van der Waals surface area contributed by atoms with Crippen molar-refractivity contribution in [3.8, 4) is 11.5 Å². The third-order valence-electron chi connectivity index (χ3n) is 4.87. The van der Waals surface area contributed by atoms with Crippen LogP contribution in [0.15, 0.2) is 52.3 Å². The van der Waals surface area contributed by atoms with E-state index in [2.05, 4.69) is 20.8 Å². The van der Waals surface area contributed by atoms with Gasteiger partial charge in [-0.05, 0) is 39.7 Å². The fourth-order valence-corrected chi connectivity index (χ4v) is 4.90. The molecule has 0 unspecified atom stereocenters. The topological polar surface area (TPSA) is 59.1 Å². The Kier molecular flexibility index (Phi) is 7.34. The molecule has 1 saturated heterocycles. The average molecular weight is 481 g/mol. The molecule has 156 valence electrons. The molecule has 2 aromatic carbocycles. The molecule has 0 radical (unpaired) electrons. The fourth-order valence-electron chi connectivity index (χ4n) is 3.25. The van der Waals surface area contributed by atoms with Crippen molar-refractivity contribution in [1.29, 1.82) is 0 Å². The number of benzene rings is 2. The molecule has 0 spiro atoms. The number of hydrogen-bond donors (Lipinski definition) is 0. The number of methoxy groups -OCH3 is 2. The molecule has 2 aromatic rings. The summed E-state index contributed by atoms with van der Waals surface area (Å²) in [5, 5.41) is 1.29. The van der Waals surface area contributed by atoms with Crippen LogP contribution in [0.4, 0.5) is 0 Å². The van der Waals surface area contributed by atoms with Gasteiger partial charge in [0, 0.05) is 43.7 Å². The lowest BCUT2D eigenvalue weighted by atomic mass is 10.1. The van der Waals surface area contributed by atoms with E-state index >= 15 is 0 Å². The summed E-state index contributed by atoms with van der Waals surface area (Å²) >= 11 is 3.47. The molecule has 1 aliphatic rings. The van der Waals surface area contributed by atoms with E-state index in [-0.39, 0.29) is 0 Å². The summed E-state index contributed by atoms with van der Waals surface area (Å²) in [7, 11) is -0.164. The number of sulfonamides is 1. The van der Waals surface area contributed by atoms with Crippen LogP contribution >= 0.6 is 15.9 Å². The van der Waals surface area contributed by atoms with Gasteiger partial charge in [0.2, 0.25) is 10.0 Å². The number of piperazine rings is 1. The quantitative estimate of drug-likeness (QED) is 0.605. The Labute approximate surface area is 180 Å². The highest BCUT2D eigenvalue weighted by Gasteiger charge is 2.25. The van der Waals surface area contributed by atoms with E-state index in [1.165, 1.54) is 9.71 Å². The highest BCUT2D eigenvalue weighted by Crippen LogP contribution is 2.33.